The summed E-state index contributed by atoms with van der Waals surface area (Å²) in [5.74, 6) is 0.136. The van der Waals surface area contributed by atoms with E-state index in [1.807, 2.05) is 36.4 Å². The predicted octanol–water partition coefficient (Wildman–Crippen LogP) is 3.57. The van der Waals surface area contributed by atoms with Crippen LogP contribution < -0.4 is 11.0 Å². The zero-order chi connectivity index (χ0) is 22.2. The van der Waals surface area contributed by atoms with Crippen molar-refractivity contribution in [1.82, 2.24) is 23.8 Å². The van der Waals surface area contributed by atoms with E-state index in [0.717, 1.165) is 15.9 Å². The highest BCUT2D eigenvalue weighted by Crippen LogP contribution is 2.24. The monoisotopic (exact) mass is 426 g/mol. The van der Waals surface area contributed by atoms with Gasteiger partial charge in [-0.1, -0.05) is 56.3 Å². The SMILES string of the molecule is CC(C)c1ccc(-c2cc3c4nn(CC(=O)Nc5ccccc5)c(=O)n4ccn3n2)cc1. The Hall–Kier alpha value is -4.20. The molecule has 3 aromatic heterocycles. The summed E-state index contributed by atoms with van der Waals surface area (Å²) in [4.78, 5) is 25.2. The van der Waals surface area contributed by atoms with Gasteiger partial charge in [-0.25, -0.2) is 18.4 Å². The second-order valence-electron chi connectivity index (χ2n) is 7.98. The highest BCUT2D eigenvalue weighted by Gasteiger charge is 2.15. The molecule has 0 spiro atoms. The van der Waals surface area contributed by atoms with Crippen LogP contribution in [0.3, 0.4) is 0 Å². The number of amides is 1. The molecule has 0 bridgehead atoms. The van der Waals surface area contributed by atoms with Crippen LogP contribution >= 0.6 is 0 Å². The highest BCUT2D eigenvalue weighted by molar-refractivity contribution is 5.90. The lowest BCUT2D eigenvalue weighted by molar-refractivity contribution is -0.117. The molecule has 0 fully saturated rings. The van der Waals surface area contributed by atoms with E-state index < -0.39 is 0 Å². The third kappa shape index (κ3) is 3.56. The molecule has 8 nitrogen and oxygen atoms in total. The molecule has 1 amide bonds. The van der Waals surface area contributed by atoms with Crippen molar-refractivity contribution in [3.8, 4) is 11.3 Å². The summed E-state index contributed by atoms with van der Waals surface area (Å²) in [5, 5.41) is 11.8. The Morgan fingerprint density at radius 2 is 1.75 bits per heavy atom. The summed E-state index contributed by atoms with van der Waals surface area (Å²) in [5.41, 5.74) is 4.46. The first kappa shape index (κ1) is 19.7. The van der Waals surface area contributed by atoms with Gasteiger partial charge in [-0.05, 0) is 29.7 Å². The van der Waals surface area contributed by atoms with E-state index in [0.29, 0.717) is 22.8 Å². The van der Waals surface area contributed by atoms with Crippen LogP contribution in [0.2, 0.25) is 0 Å². The minimum absolute atomic E-state index is 0.181. The number of para-hydroxylation sites is 1. The maximum atomic E-state index is 12.8. The molecule has 0 aliphatic rings. The van der Waals surface area contributed by atoms with Crippen molar-refractivity contribution in [1.29, 1.82) is 0 Å². The van der Waals surface area contributed by atoms with Gasteiger partial charge in [-0.15, -0.1) is 5.10 Å². The van der Waals surface area contributed by atoms with Crippen molar-refractivity contribution in [3.63, 3.8) is 0 Å². The number of rotatable bonds is 5. The van der Waals surface area contributed by atoms with Gasteiger partial charge in [-0.2, -0.15) is 5.10 Å². The number of nitrogens with zero attached hydrogens (tertiary/aromatic N) is 5. The molecule has 1 N–H and O–H groups in total. The minimum Gasteiger partial charge on any atom is -0.324 e. The van der Waals surface area contributed by atoms with E-state index in [-0.39, 0.29) is 18.1 Å². The van der Waals surface area contributed by atoms with Gasteiger partial charge in [0, 0.05) is 23.6 Å². The fourth-order valence-corrected chi connectivity index (χ4v) is 3.68. The number of carbonyl (C=O) groups excluding carboxylic acids is 1. The van der Waals surface area contributed by atoms with Crippen LogP contribution in [0.1, 0.15) is 25.3 Å². The number of nitrogens with one attached hydrogen (secondary N) is 1. The molecular weight excluding hydrogens is 404 g/mol. The fourth-order valence-electron chi connectivity index (χ4n) is 3.68. The number of hydrogen-bond acceptors (Lipinski definition) is 4. The van der Waals surface area contributed by atoms with Crippen LogP contribution in [0.25, 0.3) is 22.4 Å². The zero-order valence-corrected chi connectivity index (χ0v) is 17.8. The maximum absolute atomic E-state index is 12.8. The predicted molar refractivity (Wildman–Crippen MR) is 123 cm³/mol. The van der Waals surface area contributed by atoms with Gasteiger partial charge in [0.05, 0.1) is 5.69 Å². The Morgan fingerprint density at radius 3 is 2.47 bits per heavy atom. The third-order valence-electron chi connectivity index (χ3n) is 5.42. The summed E-state index contributed by atoms with van der Waals surface area (Å²) in [6.07, 6.45) is 3.33. The standard InChI is InChI=1S/C24H22N6O2/c1-16(2)17-8-10-18(11-9-17)20-14-21-23-27-30(24(32)28(23)12-13-29(21)26-20)15-22(31)25-19-6-4-3-5-7-19/h3-14,16H,15H2,1-2H3,(H,25,31). The number of anilines is 1. The van der Waals surface area contributed by atoms with E-state index in [4.69, 9.17) is 0 Å². The summed E-state index contributed by atoms with van der Waals surface area (Å²) >= 11 is 0. The maximum Gasteiger partial charge on any atom is 0.350 e. The molecule has 5 aromatic rings. The molecule has 8 heteroatoms. The number of fused-ring (bicyclic) bond motifs is 3. The zero-order valence-electron chi connectivity index (χ0n) is 17.8. The molecule has 160 valence electrons. The minimum atomic E-state index is -0.380. The van der Waals surface area contributed by atoms with E-state index in [9.17, 15) is 9.59 Å². The first-order valence-electron chi connectivity index (χ1n) is 10.4. The molecule has 0 unspecified atom stereocenters. The largest absolute Gasteiger partial charge is 0.350 e. The lowest BCUT2D eigenvalue weighted by atomic mass is 10.0. The fraction of sp³-hybridized carbons (Fsp3) is 0.167. The summed E-state index contributed by atoms with van der Waals surface area (Å²) in [7, 11) is 0. The number of aromatic nitrogens is 5. The van der Waals surface area contributed by atoms with Crippen LogP contribution in [0.5, 0.6) is 0 Å². The highest BCUT2D eigenvalue weighted by atomic mass is 16.2. The first-order valence-corrected chi connectivity index (χ1v) is 10.4. The van der Waals surface area contributed by atoms with E-state index in [2.05, 4.69) is 41.5 Å². The van der Waals surface area contributed by atoms with E-state index in [1.54, 1.807) is 29.0 Å². The molecule has 3 heterocycles. The molecule has 0 aliphatic heterocycles. The number of benzene rings is 2. The smallest absolute Gasteiger partial charge is 0.324 e. The lowest BCUT2D eigenvalue weighted by Crippen LogP contribution is -2.28. The van der Waals surface area contributed by atoms with Gasteiger partial charge in [0.2, 0.25) is 5.91 Å². The molecule has 0 saturated heterocycles. The third-order valence-corrected chi connectivity index (χ3v) is 5.42. The van der Waals surface area contributed by atoms with Crippen molar-refractivity contribution >= 4 is 22.8 Å². The Bertz CT molecular complexity index is 1480. The summed E-state index contributed by atoms with van der Waals surface area (Å²) in [6.45, 7) is 4.13. The molecule has 0 saturated carbocycles. The second-order valence-corrected chi connectivity index (χ2v) is 7.98. The van der Waals surface area contributed by atoms with Crippen LogP contribution in [0, 0.1) is 0 Å². The molecule has 32 heavy (non-hydrogen) atoms. The Kier molecular flexibility index (Phi) is 4.82. The molecule has 0 radical (unpaired) electrons. The van der Waals surface area contributed by atoms with E-state index in [1.165, 1.54) is 9.96 Å². The first-order chi connectivity index (χ1) is 15.5. The van der Waals surface area contributed by atoms with Crippen molar-refractivity contribution in [2.75, 3.05) is 5.32 Å². The lowest BCUT2D eigenvalue weighted by Gasteiger charge is -2.05. The van der Waals surface area contributed by atoms with Crippen LogP contribution in [-0.2, 0) is 11.3 Å². The van der Waals surface area contributed by atoms with Gasteiger partial charge in [-0.3, -0.25) is 4.79 Å². The number of carbonyl (C=O) groups is 1. The Balaban J connectivity index is 1.48. The van der Waals surface area contributed by atoms with E-state index >= 15 is 0 Å². The average Bonchev–Trinajstić information content (AvgIpc) is 3.36. The molecule has 0 atom stereocenters. The van der Waals surface area contributed by atoms with Crippen molar-refractivity contribution in [2.24, 2.45) is 0 Å². The Labute approximate surface area is 183 Å². The molecular formula is C24H22N6O2. The quantitative estimate of drug-likeness (QED) is 0.466. The average molecular weight is 426 g/mol. The Morgan fingerprint density at radius 1 is 1.00 bits per heavy atom. The topological polar surface area (TPSA) is 85.7 Å². The van der Waals surface area contributed by atoms with Gasteiger partial charge in [0.25, 0.3) is 0 Å². The summed E-state index contributed by atoms with van der Waals surface area (Å²) in [6, 6.07) is 19.3. The van der Waals surface area contributed by atoms with Gasteiger partial charge in [0.15, 0.2) is 5.65 Å². The van der Waals surface area contributed by atoms with Gasteiger partial charge >= 0.3 is 5.69 Å². The van der Waals surface area contributed by atoms with Crippen LogP contribution in [-0.4, -0.2) is 29.7 Å². The normalized spacial score (nSPS) is 11.5. The van der Waals surface area contributed by atoms with Crippen LogP contribution in [0.15, 0.2) is 77.9 Å². The van der Waals surface area contributed by atoms with Crippen LogP contribution in [0.4, 0.5) is 5.69 Å². The number of hydrogen-bond donors (Lipinski definition) is 1. The van der Waals surface area contributed by atoms with Gasteiger partial charge in [0.1, 0.15) is 12.1 Å². The second kappa shape index (κ2) is 7.81. The molecule has 0 aliphatic carbocycles. The van der Waals surface area contributed by atoms with Crippen molar-refractivity contribution in [3.05, 3.63) is 89.1 Å². The van der Waals surface area contributed by atoms with Crippen molar-refractivity contribution in [2.45, 2.75) is 26.3 Å². The summed E-state index contributed by atoms with van der Waals surface area (Å²) < 4.78 is 4.29. The molecule has 5 rings (SSSR count). The van der Waals surface area contributed by atoms with Gasteiger partial charge < -0.3 is 5.32 Å². The molecule has 2 aromatic carbocycles. The van der Waals surface area contributed by atoms with Crippen molar-refractivity contribution < 1.29 is 4.79 Å².